The van der Waals surface area contributed by atoms with Gasteiger partial charge in [0.25, 0.3) is 5.91 Å². The molecule has 29 heavy (non-hydrogen) atoms. The summed E-state index contributed by atoms with van der Waals surface area (Å²) in [6, 6.07) is 14.3. The molecule has 1 aliphatic heterocycles. The fourth-order valence-electron chi connectivity index (χ4n) is 3.76. The van der Waals surface area contributed by atoms with Gasteiger partial charge in [-0.15, -0.1) is 0 Å². The van der Waals surface area contributed by atoms with Gasteiger partial charge in [0.1, 0.15) is 11.9 Å². The lowest BCUT2D eigenvalue weighted by molar-refractivity contribution is -0.127. The Bertz CT molecular complexity index is 890. The van der Waals surface area contributed by atoms with E-state index in [4.69, 9.17) is 0 Å². The van der Waals surface area contributed by atoms with Crippen LogP contribution in [-0.2, 0) is 4.79 Å². The number of rotatable bonds is 5. The average molecular weight is 395 g/mol. The Morgan fingerprint density at radius 3 is 2.34 bits per heavy atom. The maximum Gasteiger partial charge on any atom is 0.254 e. The zero-order valence-corrected chi connectivity index (χ0v) is 16.6. The summed E-state index contributed by atoms with van der Waals surface area (Å²) in [5, 5.41) is 3.12. The number of halogens is 1. The van der Waals surface area contributed by atoms with Crippen LogP contribution in [0.3, 0.4) is 0 Å². The maximum absolute atomic E-state index is 13.8. The van der Waals surface area contributed by atoms with Crippen molar-refractivity contribution < 1.29 is 14.0 Å². The van der Waals surface area contributed by atoms with E-state index < -0.39 is 0 Å². The lowest BCUT2D eigenvalue weighted by Gasteiger charge is -2.39. The summed E-state index contributed by atoms with van der Waals surface area (Å²) in [4.78, 5) is 29.6. The van der Waals surface area contributed by atoms with Gasteiger partial charge in [-0.3, -0.25) is 14.5 Å². The number of hydrogen-bond acceptors (Lipinski definition) is 3. The monoisotopic (exact) mass is 395 g/mol. The Morgan fingerprint density at radius 1 is 1.03 bits per heavy atom. The van der Waals surface area contributed by atoms with Gasteiger partial charge in [-0.2, -0.15) is 0 Å². The minimum atomic E-state index is -0.365. The zero-order chi connectivity index (χ0) is 20.4. The summed E-state index contributed by atoms with van der Waals surface area (Å²) in [6.45, 7) is 3.89. The van der Waals surface area contributed by atoms with Crippen LogP contribution in [0.4, 0.5) is 4.39 Å². The van der Waals surface area contributed by atoms with Gasteiger partial charge in [-0.25, -0.2) is 4.39 Å². The molecule has 1 saturated carbocycles. The molecule has 152 valence electrons. The first-order chi connectivity index (χ1) is 14.0. The Kier molecular flexibility index (Phi) is 5.62. The molecule has 4 rings (SSSR count). The summed E-state index contributed by atoms with van der Waals surface area (Å²) < 4.78 is 13.8. The lowest BCUT2D eigenvalue weighted by Crippen LogP contribution is -2.52. The highest BCUT2D eigenvalue weighted by Gasteiger charge is 2.34. The molecule has 0 radical (unpaired) electrons. The van der Waals surface area contributed by atoms with Crippen molar-refractivity contribution in [2.75, 3.05) is 26.2 Å². The Hall–Kier alpha value is -2.73. The molecule has 0 aromatic heterocycles. The van der Waals surface area contributed by atoms with Gasteiger partial charge < -0.3 is 10.2 Å². The third kappa shape index (κ3) is 4.48. The first-order valence-corrected chi connectivity index (χ1v) is 10.2. The molecule has 0 bridgehead atoms. The fraction of sp³-hybridized carbons (Fsp3) is 0.391. The number of benzene rings is 2. The van der Waals surface area contributed by atoms with Gasteiger partial charge in [-0.1, -0.05) is 36.4 Å². The number of nitrogens with one attached hydrogen (secondary N) is 1. The largest absolute Gasteiger partial charge is 0.352 e. The van der Waals surface area contributed by atoms with Gasteiger partial charge in [0, 0.05) is 37.8 Å². The van der Waals surface area contributed by atoms with Gasteiger partial charge in [0.15, 0.2) is 0 Å². The predicted molar refractivity (Wildman–Crippen MR) is 109 cm³/mol. The molecule has 2 aromatic carbocycles. The van der Waals surface area contributed by atoms with E-state index in [0.29, 0.717) is 43.3 Å². The van der Waals surface area contributed by atoms with E-state index in [0.717, 1.165) is 18.4 Å². The third-order valence-corrected chi connectivity index (χ3v) is 5.67. The van der Waals surface area contributed by atoms with Crippen molar-refractivity contribution in [3.63, 3.8) is 0 Å². The van der Waals surface area contributed by atoms with Crippen LogP contribution in [0.1, 0.15) is 40.4 Å². The smallest absolute Gasteiger partial charge is 0.254 e. The number of aryl methyl sites for hydroxylation is 1. The molecule has 2 aromatic rings. The molecule has 0 spiro atoms. The van der Waals surface area contributed by atoms with Crippen molar-refractivity contribution in [2.45, 2.75) is 31.8 Å². The molecule has 2 aliphatic rings. The standard InChI is InChI=1S/C23H26FN3O2/c1-16-7-8-18(15-20(16)24)23(29)27-13-11-26(12-14-27)21(17-5-3-2-4-6-17)22(28)25-19-9-10-19/h2-8,15,19,21H,9-14H2,1H3,(H,25,28)/t21-/m0/s1. The molecule has 1 N–H and O–H groups in total. The van der Waals surface area contributed by atoms with Crippen molar-refractivity contribution in [3.05, 3.63) is 71.0 Å². The van der Waals surface area contributed by atoms with Gasteiger partial charge in [0.05, 0.1) is 0 Å². The van der Waals surface area contributed by atoms with Crippen molar-refractivity contribution in [3.8, 4) is 0 Å². The maximum atomic E-state index is 13.8. The highest BCUT2D eigenvalue weighted by atomic mass is 19.1. The van der Waals surface area contributed by atoms with E-state index in [-0.39, 0.29) is 23.7 Å². The van der Waals surface area contributed by atoms with Gasteiger partial charge in [0.2, 0.25) is 5.91 Å². The number of amides is 2. The summed E-state index contributed by atoms with van der Waals surface area (Å²) in [6.07, 6.45) is 2.09. The van der Waals surface area contributed by atoms with Crippen LogP contribution < -0.4 is 5.32 Å². The minimum Gasteiger partial charge on any atom is -0.352 e. The topological polar surface area (TPSA) is 52.7 Å². The predicted octanol–water partition coefficient (Wildman–Crippen LogP) is 2.91. The molecule has 6 heteroatoms. The summed E-state index contributed by atoms with van der Waals surface area (Å²) >= 11 is 0. The van der Waals surface area contributed by atoms with Crippen LogP contribution in [0.2, 0.25) is 0 Å². The first kappa shape index (κ1) is 19.6. The van der Waals surface area contributed by atoms with Crippen molar-refractivity contribution in [2.24, 2.45) is 0 Å². The van der Waals surface area contributed by atoms with Crippen LogP contribution in [0, 0.1) is 12.7 Å². The molecule has 2 fully saturated rings. The number of carbonyl (C=O) groups excluding carboxylic acids is 2. The molecule has 2 amide bonds. The molecule has 5 nitrogen and oxygen atoms in total. The fourth-order valence-corrected chi connectivity index (χ4v) is 3.76. The van der Waals surface area contributed by atoms with Crippen LogP contribution in [-0.4, -0.2) is 53.8 Å². The number of hydrogen-bond donors (Lipinski definition) is 1. The number of piperazine rings is 1. The second-order valence-electron chi connectivity index (χ2n) is 7.89. The van der Waals surface area contributed by atoms with Crippen LogP contribution >= 0.6 is 0 Å². The summed E-state index contributed by atoms with van der Waals surface area (Å²) in [5.74, 6) is -0.503. The minimum absolute atomic E-state index is 0.0269. The molecule has 1 saturated heterocycles. The quantitative estimate of drug-likeness (QED) is 0.847. The SMILES string of the molecule is Cc1ccc(C(=O)N2CCN([C@H](C(=O)NC3CC3)c3ccccc3)CC2)cc1F. The Labute approximate surface area is 170 Å². The second kappa shape index (κ2) is 8.33. The van der Waals surface area contributed by atoms with Crippen LogP contribution in [0.25, 0.3) is 0 Å². The van der Waals surface area contributed by atoms with Gasteiger partial charge in [-0.05, 0) is 43.0 Å². The second-order valence-corrected chi connectivity index (χ2v) is 7.89. The van der Waals surface area contributed by atoms with E-state index in [9.17, 15) is 14.0 Å². The van der Waals surface area contributed by atoms with Crippen molar-refractivity contribution >= 4 is 11.8 Å². The average Bonchev–Trinajstić information content (AvgIpc) is 3.55. The van der Waals surface area contributed by atoms with Crippen molar-refractivity contribution in [1.29, 1.82) is 0 Å². The zero-order valence-electron chi connectivity index (χ0n) is 16.6. The van der Waals surface area contributed by atoms with E-state index in [1.54, 1.807) is 24.0 Å². The number of nitrogens with zero attached hydrogens (tertiary/aromatic N) is 2. The Balaban J connectivity index is 1.45. The first-order valence-electron chi connectivity index (χ1n) is 10.2. The van der Waals surface area contributed by atoms with E-state index >= 15 is 0 Å². The third-order valence-electron chi connectivity index (χ3n) is 5.67. The van der Waals surface area contributed by atoms with Gasteiger partial charge >= 0.3 is 0 Å². The van der Waals surface area contributed by atoms with E-state index in [1.165, 1.54) is 6.07 Å². The summed E-state index contributed by atoms with van der Waals surface area (Å²) in [5.41, 5.74) is 1.86. The molecule has 1 atom stereocenters. The summed E-state index contributed by atoms with van der Waals surface area (Å²) in [7, 11) is 0. The molecule has 0 unspecified atom stereocenters. The molecular formula is C23H26FN3O2. The highest BCUT2D eigenvalue weighted by molar-refractivity contribution is 5.94. The normalized spacial score (nSPS) is 18.3. The lowest BCUT2D eigenvalue weighted by atomic mass is 10.0. The van der Waals surface area contributed by atoms with Crippen molar-refractivity contribution in [1.82, 2.24) is 15.1 Å². The van der Waals surface area contributed by atoms with E-state index in [2.05, 4.69) is 10.2 Å². The van der Waals surface area contributed by atoms with E-state index in [1.807, 2.05) is 30.3 Å². The Morgan fingerprint density at radius 2 is 1.72 bits per heavy atom. The molecule has 1 aliphatic carbocycles. The number of carbonyl (C=O) groups is 2. The molecule has 1 heterocycles. The molecular weight excluding hydrogens is 369 g/mol. The highest BCUT2D eigenvalue weighted by Crippen LogP contribution is 2.26. The van der Waals surface area contributed by atoms with Crippen LogP contribution in [0.15, 0.2) is 48.5 Å². The van der Waals surface area contributed by atoms with Crippen LogP contribution in [0.5, 0.6) is 0 Å².